The lowest BCUT2D eigenvalue weighted by Crippen LogP contribution is -2.12. The van der Waals surface area contributed by atoms with Crippen molar-refractivity contribution < 1.29 is 0 Å². The lowest BCUT2D eigenvalue weighted by atomic mass is 9.95. The molecule has 3 rings (SSSR count). The van der Waals surface area contributed by atoms with Gasteiger partial charge in [-0.25, -0.2) is 0 Å². The van der Waals surface area contributed by atoms with Crippen molar-refractivity contribution in [3.63, 3.8) is 0 Å². The number of fused-ring (bicyclic) bond motifs is 2. The number of benzene rings is 2. The molecule has 0 amide bonds. The van der Waals surface area contributed by atoms with E-state index in [9.17, 15) is 0 Å². The van der Waals surface area contributed by atoms with Crippen LogP contribution in [0.5, 0.6) is 0 Å². The Morgan fingerprint density at radius 1 is 0.913 bits per heavy atom. The Morgan fingerprint density at radius 2 is 1.65 bits per heavy atom. The largest absolute Gasteiger partial charge is 0.378 e. The molecule has 1 aliphatic rings. The number of nitrogens with zero attached hydrogens (tertiary/aromatic N) is 2. The molecule has 0 saturated heterocycles. The van der Waals surface area contributed by atoms with Crippen LogP contribution in [0.2, 0.25) is 0 Å². The maximum Gasteiger partial charge on any atom is 0.0368 e. The van der Waals surface area contributed by atoms with Gasteiger partial charge in [-0.15, -0.1) is 0 Å². The van der Waals surface area contributed by atoms with Gasteiger partial charge in [0.05, 0.1) is 0 Å². The van der Waals surface area contributed by atoms with Gasteiger partial charge in [-0.3, -0.25) is 0 Å². The van der Waals surface area contributed by atoms with Crippen LogP contribution in [-0.2, 0) is 0 Å². The van der Waals surface area contributed by atoms with Gasteiger partial charge in [0.1, 0.15) is 0 Å². The molecule has 2 aromatic rings. The fourth-order valence-electron chi connectivity index (χ4n) is 2.82. The summed E-state index contributed by atoms with van der Waals surface area (Å²) in [7, 11) is 8.45. The summed E-state index contributed by atoms with van der Waals surface area (Å²) >= 11 is 1.88. The Hall–Kier alpha value is -1.71. The van der Waals surface area contributed by atoms with Crippen molar-refractivity contribution in [3.05, 3.63) is 59.7 Å². The maximum atomic E-state index is 2.40. The summed E-state index contributed by atoms with van der Waals surface area (Å²) in [4.78, 5) is 7.11. The Kier molecular flexibility index (Phi) is 4.79. The van der Waals surface area contributed by atoms with E-state index in [1.807, 2.05) is 11.8 Å². The van der Waals surface area contributed by atoms with E-state index in [0.717, 1.165) is 13.0 Å². The van der Waals surface area contributed by atoms with E-state index in [1.54, 1.807) is 0 Å². The predicted octanol–water partition coefficient (Wildman–Crippen LogP) is 4.60. The predicted molar refractivity (Wildman–Crippen MR) is 102 cm³/mol. The Morgan fingerprint density at radius 3 is 2.39 bits per heavy atom. The van der Waals surface area contributed by atoms with Crippen LogP contribution in [0, 0.1) is 0 Å². The van der Waals surface area contributed by atoms with Gasteiger partial charge in [0.15, 0.2) is 0 Å². The van der Waals surface area contributed by atoms with Crippen LogP contribution in [0.25, 0.3) is 5.57 Å². The van der Waals surface area contributed by atoms with E-state index in [0.29, 0.717) is 0 Å². The molecule has 0 N–H and O–H groups in total. The van der Waals surface area contributed by atoms with E-state index < -0.39 is 0 Å². The van der Waals surface area contributed by atoms with Crippen LogP contribution in [0.1, 0.15) is 17.5 Å². The summed E-state index contributed by atoms with van der Waals surface area (Å²) in [5.74, 6) is 0. The smallest absolute Gasteiger partial charge is 0.0368 e. The van der Waals surface area contributed by atoms with Crippen LogP contribution in [0.4, 0.5) is 5.69 Å². The van der Waals surface area contributed by atoms with E-state index in [2.05, 4.69) is 86.5 Å². The zero-order chi connectivity index (χ0) is 16.4. The zero-order valence-electron chi connectivity index (χ0n) is 14.3. The van der Waals surface area contributed by atoms with Gasteiger partial charge in [-0.05, 0) is 61.5 Å². The highest BCUT2D eigenvalue weighted by Gasteiger charge is 2.21. The van der Waals surface area contributed by atoms with Crippen molar-refractivity contribution in [1.82, 2.24) is 4.90 Å². The highest BCUT2D eigenvalue weighted by molar-refractivity contribution is 7.99. The summed E-state index contributed by atoms with van der Waals surface area (Å²) in [5.41, 5.74) is 5.35. The molecule has 0 unspecified atom stereocenters. The van der Waals surface area contributed by atoms with Gasteiger partial charge >= 0.3 is 0 Å². The third-order valence-corrected chi connectivity index (χ3v) is 5.24. The highest BCUT2D eigenvalue weighted by Crippen LogP contribution is 2.46. The number of rotatable bonds is 4. The van der Waals surface area contributed by atoms with E-state index in [1.165, 1.54) is 32.2 Å². The van der Waals surface area contributed by atoms with Gasteiger partial charge in [0.2, 0.25) is 0 Å². The topological polar surface area (TPSA) is 6.48 Å². The number of hydrogen-bond donors (Lipinski definition) is 0. The molecule has 2 aromatic carbocycles. The zero-order valence-corrected chi connectivity index (χ0v) is 15.2. The molecule has 0 bridgehead atoms. The molecule has 2 nitrogen and oxygen atoms in total. The quantitative estimate of drug-likeness (QED) is 0.692. The molecule has 0 fully saturated rings. The average molecular weight is 324 g/mol. The van der Waals surface area contributed by atoms with Crippen molar-refractivity contribution >= 4 is 23.0 Å². The van der Waals surface area contributed by atoms with Crippen molar-refractivity contribution in [1.29, 1.82) is 0 Å². The first kappa shape index (κ1) is 16.2. The summed E-state index contributed by atoms with van der Waals surface area (Å²) in [6.07, 6.45) is 3.46. The molecular formula is C20H24N2S. The van der Waals surface area contributed by atoms with Gasteiger partial charge in [0, 0.05) is 36.1 Å². The van der Waals surface area contributed by atoms with Crippen LogP contribution >= 0.6 is 11.8 Å². The maximum absolute atomic E-state index is 2.40. The molecule has 0 radical (unpaired) electrons. The van der Waals surface area contributed by atoms with Crippen LogP contribution in [-0.4, -0.2) is 39.6 Å². The minimum Gasteiger partial charge on any atom is -0.378 e. The fourth-order valence-corrected chi connectivity index (χ4v) is 3.91. The average Bonchev–Trinajstić information content (AvgIpc) is 2.53. The van der Waals surface area contributed by atoms with Crippen molar-refractivity contribution in [2.75, 3.05) is 39.6 Å². The normalized spacial score (nSPS) is 14.7. The van der Waals surface area contributed by atoms with Crippen molar-refractivity contribution in [2.45, 2.75) is 16.2 Å². The fraction of sp³-hybridized carbons (Fsp3) is 0.300. The first-order valence-corrected chi connectivity index (χ1v) is 8.82. The van der Waals surface area contributed by atoms with Crippen LogP contribution < -0.4 is 4.90 Å². The summed E-state index contributed by atoms with van der Waals surface area (Å²) < 4.78 is 0. The molecular weight excluding hydrogens is 300 g/mol. The highest BCUT2D eigenvalue weighted by atomic mass is 32.2. The van der Waals surface area contributed by atoms with Crippen molar-refractivity contribution in [2.24, 2.45) is 0 Å². The van der Waals surface area contributed by atoms with Crippen molar-refractivity contribution in [3.8, 4) is 0 Å². The van der Waals surface area contributed by atoms with Crippen LogP contribution in [0.3, 0.4) is 0 Å². The Labute approximate surface area is 143 Å². The molecule has 0 saturated carbocycles. The molecule has 0 aromatic heterocycles. The second kappa shape index (κ2) is 6.81. The van der Waals surface area contributed by atoms with E-state index >= 15 is 0 Å². The molecule has 23 heavy (non-hydrogen) atoms. The molecule has 1 aliphatic heterocycles. The lowest BCUT2D eigenvalue weighted by Gasteiger charge is -2.24. The molecule has 0 atom stereocenters. The first-order chi connectivity index (χ1) is 11.1. The molecule has 120 valence electrons. The second-order valence-electron chi connectivity index (χ2n) is 6.38. The standard InChI is InChI=1S/C20H24N2S/c1-21(2)13-7-9-16-17-8-5-6-10-19(17)23-20-12-11-15(22(3)4)14-18(16)20/h5-6,8-12,14H,7,13H2,1-4H3/b16-9+. The molecule has 0 spiro atoms. The van der Waals surface area contributed by atoms with E-state index in [4.69, 9.17) is 0 Å². The lowest BCUT2D eigenvalue weighted by molar-refractivity contribution is 0.417. The SMILES string of the molecule is CN(C)CC/C=C1\c2ccccc2Sc2ccc(N(C)C)cc21. The van der Waals surface area contributed by atoms with E-state index in [-0.39, 0.29) is 0 Å². The Balaban J connectivity index is 2.07. The summed E-state index contributed by atoms with van der Waals surface area (Å²) in [6.45, 7) is 1.07. The van der Waals surface area contributed by atoms with Gasteiger partial charge < -0.3 is 9.80 Å². The summed E-state index contributed by atoms with van der Waals surface area (Å²) in [6, 6.07) is 15.5. The summed E-state index contributed by atoms with van der Waals surface area (Å²) in [5, 5.41) is 0. The molecule has 0 aliphatic carbocycles. The molecule has 1 heterocycles. The van der Waals surface area contributed by atoms with Crippen LogP contribution in [0.15, 0.2) is 58.3 Å². The molecule has 3 heteroatoms. The monoisotopic (exact) mass is 324 g/mol. The minimum absolute atomic E-state index is 1.06. The Bertz CT molecular complexity index is 732. The second-order valence-corrected chi connectivity index (χ2v) is 7.47. The minimum atomic E-state index is 1.06. The van der Waals surface area contributed by atoms with Gasteiger partial charge in [-0.2, -0.15) is 0 Å². The number of hydrogen-bond acceptors (Lipinski definition) is 3. The third-order valence-electron chi connectivity index (χ3n) is 4.09. The van der Waals surface area contributed by atoms with Gasteiger partial charge in [0.25, 0.3) is 0 Å². The third kappa shape index (κ3) is 3.46. The number of anilines is 1. The van der Waals surface area contributed by atoms with Gasteiger partial charge in [-0.1, -0.05) is 36.0 Å². The first-order valence-electron chi connectivity index (χ1n) is 8.00.